The molecule has 1 aliphatic heterocycles. The predicted octanol–water partition coefficient (Wildman–Crippen LogP) is 2.68. The highest BCUT2D eigenvalue weighted by Gasteiger charge is 2.25. The third kappa shape index (κ3) is 4.44. The second-order valence-corrected chi connectivity index (χ2v) is 6.46. The Labute approximate surface area is 157 Å². The Bertz CT molecular complexity index is 856. The third-order valence-corrected chi connectivity index (χ3v) is 4.51. The van der Waals surface area contributed by atoms with Crippen molar-refractivity contribution >= 4 is 23.6 Å². The van der Waals surface area contributed by atoms with Crippen molar-refractivity contribution in [3.8, 4) is 0 Å². The summed E-state index contributed by atoms with van der Waals surface area (Å²) in [6.45, 7) is 3.62. The van der Waals surface area contributed by atoms with Gasteiger partial charge in [0.25, 0.3) is 5.91 Å². The number of aromatic carboxylic acids is 1. The van der Waals surface area contributed by atoms with Gasteiger partial charge in [-0.15, -0.1) is 0 Å². The minimum atomic E-state index is -1.07. The first-order valence-electron chi connectivity index (χ1n) is 8.69. The van der Waals surface area contributed by atoms with Crippen LogP contribution < -0.4 is 5.32 Å². The van der Waals surface area contributed by atoms with Gasteiger partial charge in [0.05, 0.1) is 5.56 Å². The molecule has 1 saturated heterocycles. The average molecular weight is 367 g/mol. The monoisotopic (exact) mass is 367 g/mol. The van der Waals surface area contributed by atoms with Crippen LogP contribution in [-0.2, 0) is 0 Å². The number of carbonyl (C=O) groups is 3. The number of piperazine rings is 1. The van der Waals surface area contributed by atoms with Crippen LogP contribution in [0.15, 0.2) is 48.5 Å². The van der Waals surface area contributed by atoms with E-state index in [0.29, 0.717) is 31.7 Å². The molecule has 0 radical (unpaired) electrons. The molecule has 0 aliphatic carbocycles. The highest BCUT2D eigenvalue weighted by atomic mass is 16.4. The molecule has 0 aromatic heterocycles. The second-order valence-electron chi connectivity index (χ2n) is 6.46. The minimum Gasteiger partial charge on any atom is -0.478 e. The Morgan fingerprint density at radius 2 is 1.48 bits per heavy atom. The molecule has 7 nitrogen and oxygen atoms in total. The maximum absolute atomic E-state index is 12.6. The Kier molecular flexibility index (Phi) is 5.40. The maximum Gasteiger partial charge on any atom is 0.335 e. The van der Waals surface area contributed by atoms with Gasteiger partial charge in [0.2, 0.25) is 0 Å². The van der Waals surface area contributed by atoms with Crippen molar-refractivity contribution < 1.29 is 19.5 Å². The van der Waals surface area contributed by atoms with Gasteiger partial charge in [0, 0.05) is 37.4 Å². The average Bonchev–Trinajstić information content (AvgIpc) is 2.69. The number of carbonyl (C=O) groups excluding carboxylic acids is 2. The van der Waals surface area contributed by atoms with E-state index in [4.69, 9.17) is 5.11 Å². The molecule has 3 amide bonds. The maximum atomic E-state index is 12.6. The summed E-state index contributed by atoms with van der Waals surface area (Å²) in [6.07, 6.45) is 0. The number of urea groups is 1. The molecule has 0 bridgehead atoms. The van der Waals surface area contributed by atoms with E-state index in [0.717, 1.165) is 11.3 Å². The van der Waals surface area contributed by atoms with Crippen molar-refractivity contribution in [3.05, 3.63) is 65.2 Å². The number of nitrogens with one attached hydrogen (secondary N) is 1. The van der Waals surface area contributed by atoms with Crippen LogP contribution in [-0.4, -0.2) is 59.0 Å². The van der Waals surface area contributed by atoms with Crippen LogP contribution in [0.3, 0.4) is 0 Å². The lowest BCUT2D eigenvalue weighted by Gasteiger charge is -2.34. The van der Waals surface area contributed by atoms with E-state index in [1.807, 2.05) is 31.2 Å². The predicted molar refractivity (Wildman–Crippen MR) is 101 cm³/mol. The van der Waals surface area contributed by atoms with E-state index in [1.54, 1.807) is 21.9 Å². The lowest BCUT2D eigenvalue weighted by atomic mass is 10.1. The first-order chi connectivity index (χ1) is 12.9. The van der Waals surface area contributed by atoms with Crippen molar-refractivity contribution in [1.29, 1.82) is 0 Å². The van der Waals surface area contributed by atoms with Gasteiger partial charge in [-0.1, -0.05) is 23.8 Å². The Balaban J connectivity index is 1.57. The zero-order valence-electron chi connectivity index (χ0n) is 15.0. The molecule has 1 fully saturated rings. The molecule has 140 valence electrons. The van der Waals surface area contributed by atoms with Crippen molar-refractivity contribution in [1.82, 2.24) is 9.80 Å². The van der Waals surface area contributed by atoms with Gasteiger partial charge in [-0.2, -0.15) is 0 Å². The molecule has 2 aromatic carbocycles. The first kappa shape index (κ1) is 18.4. The fraction of sp³-hybridized carbons (Fsp3) is 0.250. The summed E-state index contributed by atoms with van der Waals surface area (Å²) >= 11 is 0. The highest BCUT2D eigenvalue weighted by molar-refractivity contribution is 5.97. The lowest BCUT2D eigenvalue weighted by Crippen LogP contribution is -2.51. The second kappa shape index (κ2) is 7.90. The number of carboxylic acids is 1. The third-order valence-electron chi connectivity index (χ3n) is 4.51. The summed E-state index contributed by atoms with van der Waals surface area (Å²) in [5.41, 5.74) is 2.27. The van der Waals surface area contributed by atoms with Crippen LogP contribution in [0.1, 0.15) is 26.3 Å². The fourth-order valence-electron chi connectivity index (χ4n) is 2.92. The molecule has 0 unspecified atom stereocenters. The molecular formula is C20H21N3O4. The van der Waals surface area contributed by atoms with Crippen molar-refractivity contribution in [3.63, 3.8) is 0 Å². The lowest BCUT2D eigenvalue weighted by molar-refractivity contribution is 0.0671. The number of rotatable bonds is 3. The van der Waals surface area contributed by atoms with Gasteiger partial charge in [-0.3, -0.25) is 4.79 Å². The van der Waals surface area contributed by atoms with Crippen molar-refractivity contribution in [2.75, 3.05) is 31.5 Å². The Morgan fingerprint density at radius 3 is 2.11 bits per heavy atom. The normalized spacial score (nSPS) is 14.0. The number of aryl methyl sites for hydroxylation is 1. The molecule has 3 rings (SSSR count). The summed E-state index contributed by atoms with van der Waals surface area (Å²) in [5, 5.41) is 11.9. The van der Waals surface area contributed by atoms with Crippen LogP contribution in [0.2, 0.25) is 0 Å². The number of carboxylic acid groups (broad SMARTS) is 1. The van der Waals surface area contributed by atoms with E-state index in [9.17, 15) is 14.4 Å². The Morgan fingerprint density at radius 1 is 0.889 bits per heavy atom. The van der Waals surface area contributed by atoms with Gasteiger partial charge in [0.1, 0.15) is 0 Å². The summed E-state index contributed by atoms with van der Waals surface area (Å²) in [7, 11) is 0. The van der Waals surface area contributed by atoms with E-state index in [2.05, 4.69) is 5.32 Å². The molecule has 2 aromatic rings. The number of anilines is 1. The molecular weight excluding hydrogens is 346 g/mol. The fourth-order valence-corrected chi connectivity index (χ4v) is 2.92. The van der Waals surface area contributed by atoms with Gasteiger partial charge in [-0.05, 0) is 37.3 Å². The SMILES string of the molecule is Cc1ccc(NC(=O)N2CCN(C(=O)c3cccc(C(=O)O)c3)CC2)cc1. The summed E-state index contributed by atoms with van der Waals surface area (Å²) in [5.74, 6) is -1.29. The van der Waals surface area contributed by atoms with Gasteiger partial charge >= 0.3 is 12.0 Å². The van der Waals surface area contributed by atoms with Crippen molar-refractivity contribution in [2.45, 2.75) is 6.92 Å². The quantitative estimate of drug-likeness (QED) is 0.873. The number of nitrogens with zero attached hydrogens (tertiary/aromatic N) is 2. The van der Waals surface area contributed by atoms with E-state index >= 15 is 0 Å². The van der Waals surface area contributed by atoms with Gasteiger partial charge in [0.15, 0.2) is 0 Å². The van der Waals surface area contributed by atoms with Crippen LogP contribution >= 0.6 is 0 Å². The van der Waals surface area contributed by atoms with Crippen molar-refractivity contribution in [2.24, 2.45) is 0 Å². The van der Waals surface area contributed by atoms with E-state index < -0.39 is 5.97 Å². The molecule has 0 saturated carbocycles. The van der Waals surface area contributed by atoms with Gasteiger partial charge < -0.3 is 20.2 Å². The Hall–Kier alpha value is -3.35. The number of benzene rings is 2. The smallest absolute Gasteiger partial charge is 0.335 e. The van der Waals surface area contributed by atoms with Crippen LogP contribution in [0.25, 0.3) is 0 Å². The topological polar surface area (TPSA) is 90.0 Å². The standard InChI is InChI=1S/C20H21N3O4/c1-14-5-7-17(8-6-14)21-20(27)23-11-9-22(10-12-23)18(24)15-3-2-4-16(13-15)19(25)26/h2-8,13H,9-12H2,1H3,(H,21,27)(H,25,26). The molecule has 0 atom stereocenters. The molecule has 7 heteroatoms. The van der Waals surface area contributed by atoms with Crippen LogP contribution in [0.5, 0.6) is 0 Å². The molecule has 0 spiro atoms. The largest absolute Gasteiger partial charge is 0.478 e. The summed E-state index contributed by atoms with van der Waals surface area (Å²) in [4.78, 5) is 39.3. The van der Waals surface area contributed by atoms with Gasteiger partial charge in [-0.25, -0.2) is 9.59 Å². The minimum absolute atomic E-state index is 0.0805. The number of hydrogen-bond donors (Lipinski definition) is 2. The van der Waals surface area contributed by atoms with E-state index in [1.165, 1.54) is 12.1 Å². The summed E-state index contributed by atoms with van der Waals surface area (Å²) < 4.78 is 0. The number of amides is 3. The van der Waals surface area contributed by atoms with Crippen LogP contribution in [0.4, 0.5) is 10.5 Å². The zero-order valence-corrected chi connectivity index (χ0v) is 15.0. The summed E-state index contributed by atoms with van der Waals surface area (Å²) in [6, 6.07) is 13.3. The van der Waals surface area contributed by atoms with Crippen LogP contribution in [0, 0.1) is 6.92 Å². The number of hydrogen-bond acceptors (Lipinski definition) is 3. The van der Waals surface area contributed by atoms with E-state index in [-0.39, 0.29) is 17.5 Å². The highest BCUT2D eigenvalue weighted by Crippen LogP contribution is 2.13. The molecule has 1 heterocycles. The molecule has 27 heavy (non-hydrogen) atoms. The molecule has 1 aliphatic rings. The zero-order chi connectivity index (χ0) is 19.4. The first-order valence-corrected chi connectivity index (χ1v) is 8.69. The molecule has 2 N–H and O–H groups in total.